The van der Waals surface area contributed by atoms with Crippen LogP contribution in [-0.2, 0) is 25.7 Å². The summed E-state index contributed by atoms with van der Waals surface area (Å²) in [6.45, 7) is 17.0. The molecular formula is C55H69ClF2N8O6S. The van der Waals surface area contributed by atoms with Crippen LogP contribution in [0.15, 0.2) is 76.7 Å². The zero-order valence-electron chi connectivity index (χ0n) is 42.7. The van der Waals surface area contributed by atoms with Gasteiger partial charge in [0.2, 0.25) is 23.6 Å². The largest absolute Gasteiger partial charge is 0.493 e. The molecule has 0 saturated carbocycles. The fourth-order valence-corrected chi connectivity index (χ4v) is 10.5. The van der Waals surface area contributed by atoms with Crippen LogP contribution < -0.4 is 15.4 Å². The van der Waals surface area contributed by atoms with Crippen molar-refractivity contribution in [2.45, 2.75) is 117 Å². The van der Waals surface area contributed by atoms with Crippen molar-refractivity contribution >= 4 is 64.8 Å². The third kappa shape index (κ3) is 14.4. The first kappa shape index (κ1) is 56.3. The molecule has 4 amide bonds. The number of aromatic nitrogens is 1. The second-order valence-corrected chi connectivity index (χ2v) is 20.9. The third-order valence-electron chi connectivity index (χ3n) is 13.4. The van der Waals surface area contributed by atoms with Crippen molar-refractivity contribution in [3.8, 4) is 27.3 Å². The molecule has 392 valence electrons. The average molecular weight is 1040 g/mol. The van der Waals surface area contributed by atoms with Crippen LogP contribution in [0.5, 0.6) is 5.75 Å². The van der Waals surface area contributed by atoms with Crippen molar-refractivity contribution in [1.82, 2.24) is 30.3 Å². The molecule has 3 heterocycles. The van der Waals surface area contributed by atoms with Gasteiger partial charge in [-0.25, -0.2) is 13.8 Å². The minimum absolute atomic E-state index is 0.00445. The fourth-order valence-electron chi connectivity index (χ4n) is 9.37. The molecule has 2 aliphatic rings. The van der Waals surface area contributed by atoms with Crippen molar-refractivity contribution in [2.24, 2.45) is 15.4 Å². The van der Waals surface area contributed by atoms with Crippen molar-refractivity contribution in [2.75, 3.05) is 46.4 Å². The van der Waals surface area contributed by atoms with Gasteiger partial charge in [0.05, 0.1) is 39.4 Å². The first-order chi connectivity index (χ1) is 35.0. The number of aliphatic hydroxyl groups excluding tert-OH is 1. The predicted molar refractivity (Wildman–Crippen MR) is 286 cm³/mol. The highest BCUT2D eigenvalue weighted by Crippen LogP contribution is 2.44. The van der Waals surface area contributed by atoms with Crippen LogP contribution in [-0.4, -0.2) is 126 Å². The van der Waals surface area contributed by atoms with Gasteiger partial charge in [-0.2, -0.15) is 0 Å². The van der Waals surface area contributed by atoms with Gasteiger partial charge in [0.15, 0.2) is 5.82 Å². The van der Waals surface area contributed by atoms with E-state index in [-0.39, 0.29) is 77.8 Å². The van der Waals surface area contributed by atoms with Crippen LogP contribution >= 0.6 is 22.9 Å². The molecule has 2 saturated heterocycles. The lowest BCUT2D eigenvalue weighted by molar-refractivity contribution is -0.144. The minimum Gasteiger partial charge on any atom is -0.493 e. The van der Waals surface area contributed by atoms with Gasteiger partial charge in [-0.3, -0.25) is 29.2 Å². The number of piperazine rings is 1. The summed E-state index contributed by atoms with van der Waals surface area (Å²) in [6.07, 6.45) is 7.64. The zero-order chi connectivity index (χ0) is 52.8. The van der Waals surface area contributed by atoms with Crippen LogP contribution in [0, 0.1) is 24.0 Å². The van der Waals surface area contributed by atoms with Gasteiger partial charge in [0.1, 0.15) is 35.2 Å². The fraction of sp³-hybridized carbons (Fsp3) is 0.473. The molecule has 0 spiro atoms. The molecule has 0 aliphatic carbocycles. The second-order valence-electron chi connectivity index (χ2n) is 19.6. The number of thiazole rings is 1. The van der Waals surface area contributed by atoms with Crippen LogP contribution in [0.2, 0.25) is 5.02 Å². The number of halogens is 3. The molecule has 73 heavy (non-hydrogen) atoms. The topological polar surface area (TPSA) is 169 Å². The molecule has 3 atom stereocenters. The summed E-state index contributed by atoms with van der Waals surface area (Å²) in [7, 11) is 1.57. The Kier molecular flexibility index (Phi) is 20.2. The van der Waals surface area contributed by atoms with E-state index in [0.717, 1.165) is 60.2 Å². The number of ether oxygens (including phenoxy) is 1. The van der Waals surface area contributed by atoms with Crippen LogP contribution in [0.25, 0.3) is 21.6 Å². The number of likely N-dealkylation sites (tertiary alicyclic amines) is 1. The first-order valence-corrected chi connectivity index (χ1v) is 26.3. The number of amides is 4. The summed E-state index contributed by atoms with van der Waals surface area (Å²) < 4.78 is 38.1. The van der Waals surface area contributed by atoms with E-state index in [1.165, 1.54) is 29.2 Å². The van der Waals surface area contributed by atoms with Gasteiger partial charge in [0.25, 0.3) is 0 Å². The van der Waals surface area contributed by atoms with E-state index in [0.29, 0.717) is 50.4 Å². The standard InChI is InChI=1S/C55H69ClF2N8O6S/c1-8-45(69)64-25-27-65(28-26-64)52(60-7)39-31-40(56)46(48(58)49(39)59-6)47-41(57)18-17-19-43(47)72-29-16-14-12-10-9-11-13-15-20-44(68)63-51(55(3,4)5)54(71)66-33-38(67)30-42(66)53(70)61-32-36-21-23-37(24-22-36)50-35(2)62-34-73-50/h8,17-19,21-24,31,34,38,42,51,67H,1,6,9-16,20,25-30,32-33H2,2-5,7H3,(H,61,70)(H,63,68)/t38-,42+,51-/m1/s1. The molecule has 18 heteroatoms. The highest BCUT2D eigenvalue weighted by Gasteiger charge is 2.44. The molecule has 2 fully saturated rings. The van der Waals surface area contributed by atoms with Gasteiger partial charge in [0, 0.05) is 70.3 Å². The maximum Gasteiger partial charge on any atom is 0.246 e. The minimum atomic E-state index is -0.890. The van der Waals surface area contributed by atoms with E-state index in [9.17, 15) is 24.3 Å². The Balaban J connectivity index is 0.913. The lowest BCUT2D eigenvalue weighted by atomic mass is 9.85. The molecule has 2 aliphatic heterocycles. The zero-order valence-corrected chi connectivity index (χ0v) is 44.2. The summed E-state index contributed by atoms with van der Waals surface area (Å²) >= 11 is 8.32. The Labute approximate surface area is 437 Å². The number of nitrogens with one attached hydrogen (secondary N) is 2. The lowest BCUT2D eigenvalue weighted by Crippen LogP contribution is -2.57. The number of carbonyl (C=O) groups is 4. The molecule has 4 aromatic rings. The average Bonchev–Trinajstić information content (AvgIpc) is 3.99. The SMILES string of the molecule is C=CC(=O)N1CCN(C(=NC)c2cc(Cl)c(-c3c(F)cccc3OCCCCCCCCCCC(=O)N[C@H](C(=O)N3C[C@H](O)C[C@H]3C(=O)NCc3ccc(-c4scnc4C)cc3)C(C)(C)C)c(F)c2N=C)CC1. The van der Waals surface area contributed by atoms with Gasteiger partial charge >= 0.3 is 0 Å². The van der Waals surface area contributed by atoms with E-state index < -0.39 is 41.1 Å². The van der Waals surface area contributed by atoms with Crippen molar-refractivity contribution in [3.63, 3.8) is 0 Å². The molecule has 0 radical (unpaired) electrons. The van der Waals surface area contributed by atoms with Crippen LogP contribution in [0.1, 0.15) is 102 Å². The number of aliphatic hydroxyl groups is 1. The van der Waals surface area contributed by atoms with E-state index in [1.807, 2.05) is 62.4 Å². The van der Waals surface area contributed by atoms with E-state index >= 15 is 8.78 Å². The number of benzene rings is 3. The number of rotatable bonds is 22. The smallest absolute Gasteiger partial charge is 0.246 e. The normalized spacial score (nSPS) is 16.6. The van der Waals surface area contributed by atoms with Crippen LogP contribution in [0.3, 0.4) is 0 Å². The molecular weight excluding hydrogens is 974 g/mol. The van der Waals surface area contributed by atoms with Gasteiger partial charge < -0.3 is 35.2 Å². The number of carbonyl (C=O) groups excluding carboxylic acids is 4. The summed E-state index contributed by atoms with van der Waals surface area (Å²) in [5.41, 5.74) is 3.94. The molecule has 14 nitrogen and oxygen atoms in total. The van der Waals surface area contributed by atoms with Gasteiger partial charge in [-0.05, 0) is 67.3 Å². The molecule has 6 rings (SSSR count). The number of hydrogen-bond acceptors (Lipinski definition) is 10. The quantitative estimate of drug-likeness (QED) is 0.0303. The third-order valence-corrected chi connectivity index (χ3v) is 14.6. The number of aliphatic imine (C=N–C) groups is 2. The van der Waals surface area contributed by atoms with E-state index in [1.54, 1.807) is 29.4 Å². The second kappa shape index (κ2) is 26.3. The Bertz CT molecular complexity index is 2630. The van der Waals surface area contributed by atoms with Gasteiger partial charge in [-0.1, -0.05) is 108 Å². The van der Waals surface area contributed by atoms with E-state index in [4.69, 9.17) is 16.3 Å². The van der Waals surface area contributed by atoms with Gasteiger partial charge in [-0.15, -0.1) is 11.3 Å². The number of β-amino-alcohol motifs (C(OH)–C–C–N with tert-alkyl or cyclic N) is 1. The first-order valence-electron chi connectivity index (χ1n) is 25.1. The molecule has 0 bridgehead atoms. The monoisotopic (exact) mass is 1040 g/mol. The van der Waals surface area contributed by atoms with Crippen molar-refractivity contribution in [3.05, 3.63) is 100 Å². The number of nitrogens with zero attached hydrogens (tertiary/aromatic N) is 6. The molecule has 3 N–H and O–H groups in total. The number of unbranched alkanes of at least 4 members (excludes halogenated alkanes) is 7. The highest BCUT2D eigenvalue weighted by atomic mass is 35.5. The molecule has 1 aromatic heterocycles. The summed E-state index contributed by atoms with van der Waals surface area (Å²) in [4.78, 5) is 71.7. The van der Waals surface area contributed by atoms with Crippen LogP contribution in [0.4, 0.5) is 14.5 Å². The highest BCUT2D eigenvalue weighted by molar-refractivity contribution is 7.13. The molecule has 3 aromatic carbocycles. The number of amidine groups is 1. The Hall–Kier alpha value is -6.04. The number of aryl methyl sites for hydroxylation is 1. The maximum absolute atomic E-state index is 16.5. The summed E-state index contributed by atoms with van der Waals surface area (Å²) in [5, 5.41) is 16.5. The van der Waals surface area contributed by atoms with E-state index in [2.05, 4.69) is 38.9 Å². The predicted octanol–water partition coefficient (Wildman–Crippen LogP) is 9.45. The molecule has 0 unspecified atom stereocenters. The van der Waals surface area contributed by atoms with Crippen molar-refractivity contribution < 1.29 is 37.8 Å². The Morgan fingerprint density at radius 1 is 0.973 bits per heavy atom. The summed E-state index contributed by atoms with van der Waals surface area (Å²) in [6, 6.07) is 11.9. The summed E-state index contributed by atoms with van der Waals surface area (Å²) in [5.74, 6) is -2.15. The Morgan fingerprint density at radius 3 is 2.25 bits per heavy atom. The lowest BCUT2D eigenvalue weighted by Gasteiger charge is -2.36. The maximum atomic E-state index is 16.5. The number of hydrogen-bond donors (Lipinski definition) is 3. The van der Waals surface area contributed by atoms with Crippen molar-refractivity contribution in [1.29, 1.82) is 0 Å². The Morgan fingerprint density at radius 2 is 1.63 bits per heavy atom.